The molecular weight excluding hydrogens is 248 g/mol. The van der Waals surface area contributed by atoms with Gasteiger partial charge in [-0.05, 0) is 38.4 Å². The summed E-state index contributed by atoms with van der Waals surface area (Å²) in [6, 6.07) is 0. The van der Waals surface area contributed by atoms with Gasteiger partial charge in [-0.2, -0.15) is 0 Å². The largest absolute Gasteiger partial charge is 0.443 e. The van der Waals surface area contributed by atoms with Gasteiger partial charge < -0.3 is 10.1 Å². The molecule has 0 bridgehead atoms. The average Bonchev–Trinajstić information content (AvgIpc) is 2.80. The highest BCUT2D eigenvalue weighted by molar-refractivity contribution is 7.16. The smallest absolute Gasteiger partial charge is 0.415 e. The van der Waals surface area contributed by atoms with Crippen LogP contribution >= 0.6 is 11.3 Å². The molecule has 1 aliphatic heterocycles. The zero-order valence-electron chi connectivity index (χ0n) is 11.4. The van der Waals surface area contributed by atoms with Crippen molar-refractivity contribution >= 4 is 22.4 Å². The highest BCUT2D eigenvalue weighted by atomic mass is 32.1. The second-order valence-electron chi connectivity index (χ2n) is 4.59. The van der Waals surface area contributed by atoms with Gasteiger partial charge in [0.05, 0.1) is 6.54 Å². The van der Waals surface area contributed by atoms with Crippen molar-refractivity contribution in [3.05, 3.63) is 16.0 Å². The Hall–Kier alpha value is -1.07. The molecule has 5 heteroatoms. The molecule has 0 aliphatic carbocycles. The Morgan fingerprint density at radius 2 is 2.22 bits per heavy atom. The zero-order valence-corrected chi connectivity index (χ0v) is 12.2. The number of ether oxygens (including phenoxy) is 1. The number of nitrogens with zero attached hydrogens (tertiary/aromatic N) is 1. The summed E-state index contributed by atoms with van der Waals surface area (Å²) in [6.07, 6.45) is 0.744. The third-order valence-corrected chi connectivity index (χ3v) is 4.63. The molecule has 1 amide bonds. The van der Waals surface area contributed by atoms with E-state index in [1.165, 1.54) is 16.0 Å². The summed E-state index contributed by atoms with van der Waals surface area (Å²) in [7, 11) is 1.87. The standard InChI is InChI=1S/C13H20N2O2S/c1-5-11-8(2)12(18-9(11)3)15-7-10(6-14-4)17-13(15)16/h10,14H,5-7H2,1-4H3/t10-/m0/s1. The lowest BCUT2D eigenvalue weighted by Gasteiger charge is -2.12. The Kier molecular flexibility index (Phi) is 3.92. The lowest BCUT2D eigenvalue weighted by molar-refractivity contribution is 0.141. The molecule has 1 fully saturated rings. The topological polar surface area (TPSA) is 41.6 Å². The van der Waals surface area contributed by atoms with Crippen molar-refractivity contribution in [1.82, 2.24) is 5.32 Å². The van der Waals surface area contributed by atoms with Gasteiger partial charge in [0.2, 0.25) is 0 Å². The summed E-state index contributed by atoms with van der Waals surface area (Å²) in [4.78, 5) is 15.0. The number of carbonyl (C=O) groups is 1. The van der Waals surface area contributed by atoms with Crippen molar-refractivity contribution in [3.8, 4) is 0 Å². The van der Waals surface area contributed by atoms with Crippen molar-refractivity contribution < 1.29 is 9.53 Å². The molecule has 1 aromatic heterocycles. The van der Waals surface area contributed by atoms with Crippen LogP contribution in [-0.2, 0) is 11.2 Å². The zero-order chi connectivity index (χ0) is 13.3. The molecule has 100 valence electrons. The molecule has 0 saturated carbocycles. The van der Waals surface area contributed by atoms with E-state index in [9.17, 15) is 4.79 Å². The van der Waals surface area contributed by atoms with Gasteiger partial charge in [0, 0.05) is 11.4 Å². The molecule has 2 heterocycles. The molecule has 0 aromatic carbocycles. The van der Waals surface area contributed by atoms with Gasteiger partial charge in [-0.25, -0.2) is 4.79 Å². The summed E-state index contributed by atoms with van der Waals surface area (Å²) < 4.78 is 5.34. The maximum atomic E-state index is 11.9. The molecule has 1 saturated heterocycles. The van der Waals surface area contributed by atoms with Crippen LogP contribution in [0.5, 0.6) is 0 Å². The van der Waals surface area contributed by atoms with Gasteiger partial charge in [0.25, 0.3) is 0 Å². The number of cyclic esters (lactones) is 1. The van der Waals surface area contributed by atoms with Gasteiger partial charge >= 0.3 is 6.09 Å². The number of hydrogen-bond acceptors (Lipinski definition) is 4. The molecule has 1 aromatic rings. The van der Waals surface area contributed by atoms with E-state index in [1.807, 2.05) is 7.05 Å². The van der Waals surface area contributed by atoms with Crippen molar-refractivity contribution in [3.63, 3.8) is 0 Å². The minimum atomic E-state index is -0.220. The van der Waals surface area contributed by atoms with Crippen molar-refractivity contribution in [2.75, 3.05) is 25.0 Å². The van der Waals surface area contributed by atoms with Crippen LogP contribution in [0.1, 0.15) is 22.9 Å². The molecule has 4 nitrogen and oxygen atoms in total. The summed E-state index contributed by atoms with van der Waals surface area (Å²) >= 11 is 1.69. The van der Waals surface area contributed by atoms with Crippen LogP contribution in [0, 0.1) is 13.8 Å². The van der Waals surface area contributed by atoms with Gasteiger partial charge in [-0.1, -0.05) is 6.92 Å². The van der Waals surface area contributed by atoms with E-state index < -0.39 is 0 Å². The van der Waals surface area contributed by atoms with Crippen LogP contribution in [0.2, 0.25) is 0 Å². The van der Waals surface area contributed by atoms with E-state index in [1.54, 1.807) is 16.2 Å². The number of nitrogens with one attached hydrogen (secondary N) is 1. The molecule has 0 unspecified atom stereocenters. The first-order chi connectivity index (χ1) is 8.58. The van der Waals surface area contributed by atoms with Crippen molar-refractivity contribution in [1.29, 1.82) is 0 Å². The van der Waals surface area contributed by atoms with Gasteiger partial charge in [-0.15, -0.1) is 11.3 Å². The Morgan fingerprint density at radius 3 is 2.78 bits per heavy atom. The van der Waals surface area contributed by atoms with E-state index in [2.05, 4.69) is 26.1 Å². The third-order valence-electron chi connectivity index (χ3n) is 3.35. The molecule has 0 radical (unpaired) electrons. The molecular formula is C13H20N2O2S. The highest BCUT2D eigenvalue weighted by Crippen LogP contribution is 2.37. The Balaban J connectivity index is 2.24. The van der Waals surface area contributed by atoms with Crippen molar-refractivity contribution in [2.45, 2.75) is 33.3 Å². The molecule has 1 N–H and O–H groups in total. The van der Waals surface area contributed by atoms with Crippen molar-refractivity contribution in [2.24, 2.45) is 0 Å². The highest BCUT2D eigenvalue weighted by Gasteiger charge is 2.34. The molecule has 1 atom stereocenters. The molecule has 1 aliphatic rings. The Labute approximate surface area is 112 Å². The Morgan fingerprint density at radius 1 is 1.50 bits per heavy atom. The number of rotatable bonds is 4. The molecule has 18 heavy (non-hydrogen) atoms. The van der Waals surface area contributed by atoms with Crippen LogP contribution in [0.25, 0.3) is 0 Å². The van der Waals surface area contributed by atoms with E-state index >= 15 is 0 Å². The maximum absolute atomic E-state index is 11.9. The van der Waals surface area contributed by atoms with Gasteiger partial charge in [0.15, 0.2) is 0 Å². The summed E-state index contributed by atoms with van der Waals surface area (Å²) in [6.45, 7) is 7.71. The second-order valence-corrected chi connectivity index (χ2v) is 5.80. The number of hydrogen-bond donors (Lipinski definition) is 1. The monoisotopic (exact) mass is 268 g/mol. The minimum Gasteiger partial charge on any atom is -0.443 e. The summed E-state index contributed by atoms with van der Waals surface area (Å²) in [5.74, 6) is 0. The maximum Gasteiger partial charge on any atom is 0.415 e. The van der Waals surface area contributed by atoms with E-state index in [0.29, 0.717) is 13.1 Å². The lowest BCUT2D eigenvalue weighted by atomic mass is 10.1. The summed E-state index contributed by atoms with van der Waals surface area (Å²) in [5, 5.41) is 4.09. The number of aryl methyl sites for hydroxylation is 1. The lowest BCUT2D eigenvalue weighted by Crippen LogP contribution is -2.28. The number of carbonyl (C=O) groups excluding carboxylic acids is 1. The van der Waals surface area contributed by atoms with E-state index in [0.717, 1.165) is 11.4 Å². The minimum absolute atomic E-state index is 0.0469. The second kappa shape index (κ2) is 5.28. The Bertz CT molecular complexity index is 456. The fourth-order valence-corrected chi connectivity index (χ4v) is 3.72. The molecule has 0 spiro atoms. The van der Waals surface area contributed by atoms with Crippen LogP contribution < -0.4 is 10.2 Å². The fraction of sp³-hybridized carbons (Fsp3) is 0.615. The number of thiophene rings is 1. The first kappa shape index (κ1) is 13.4. The van der Waals surface area contributed by atoms with Crippen LogP contribution in [-0.4, -0.2) is 32.3 Å². The SMILES string of the molecule is CCc1c(C)sc(N2C[C@H](CNC)OC2=O)c1C. The van der Waals surface area contributed by atoms with E-state index in [4.69, 9.17) is 4.74 Å². The number of anilines is 1. The average molecular weight is 268 g/mol. The van der Waals surface area contributed by atoms with Gasteiger partial charge in [0.1, 0.15) is 11.1 Å². The third kappa shape index (κ3) is 2.24. The summed E-state index contributed by atoms with van der Waals surface area (Å²) in [5.41, 5.74) is 2.59. The fourth-order valence-electron chi connectivity index (χ4n) is 2.47. The number of amides is 1. The first-order valence-corrected chi connectivity index (χ1v) is 7.11. The normalized spacial score (nSPS) is 19.4. The quantitative estimate of drug-likeness (QED) is 0.912. The predicted molar refractivity (Wildman–Crippen MR) is 74.7 cm³/mol. The van der Waals surface area contributed by atoms with Gasteiger partial charge in [-0.3, -0.25) is 4.90 Å². The number of likely N-dealkylation sites (N-methyl/N-ethyl adjacent to an activating group) is 1. The van der Waals surface area contributed by atoms with Crippen LogP contribution in [0.15, 0.2) is 0 Å². The van der Waals surface area contributed by atoms with Crippen LogP contribution in [0.4, 0.5) is 9.80 Å². The van der Waals surface area contributed by atoms with E-state index in [-0.39, 0.29) is 12.2 Å². The van der Waals surface area contributed by atoms with Crippen LogP contribution in [0.3, 0.4) is 0 Å². The predicted octanol–water partition coefficient (Wildman–Crippen LogP) is 2.47. The molecule has 2 rings (SSSR count). The first-order valence-electron chi connectivity index (χ1n) is 6.30.